The number of nitrogens with two attached hydrogens (primary N) is 1. The van der Waals surface area contributed by atoms with Crippen LogP contribution in [0.1, 0.15) is 96.8 Å². The maximum atomic E-state index is 11.9. The predicted octanol–water partition coefficient (Wildman–Crippen LogP) is 5.17. The third-order valence-electron chi connectivity index (χ3n) is 5.28. The highest BCUT2D eigenvalue weighted by molar-refractivity contribution is 5.84. The van der Waals surface area contributed by atoms with Crippen molar-refractivity contribution >= 4 is 5.91 Å². The molecule has 1 fully saturated rings. The number of rotatable bonds is 13. The van der Waals surface area contributed by atoms with E-state index in [1.54, 1.807) is 0 Å². The fourth-order valence-corrected chi connectivity index (χ4v) is 3.64. The van der Waals surface area contributed by atoms with Crippen LogP contribution in [0.3, 0.4) is 0 Å². The molecule has 1 heterocycles. The second kappa shape index (κ2) is 11.9. The van der Waals surface area contributed by atoms with Crippen molar-refractivity contribution in [2.24, 2.45) is 11.7 Å². The summed E-state index contributed by atoms with van der Waals surface area (Å²) in [6.07, 6.45) is 17.0. The summed E-state index contributed by atoms with van der Waals surface area (Å²) in [6.45, 7) is 7.11. The Labute approximate surface area is 143 Å². The summed E-state index contributed by atoms with van der Waals surface area (Å²) in [7, 11) is 0. The molecule has 1 radical (unpaired) electrons. The van der Waals surface area contributed by atoms with Gasteiger partial charge in [0.2, 0.25) is 5.91 Å². The van der Waals surface area contributed by atoms with E-state index in [0.717, 1.165) is 32.1 Å². The van der Waals surface area contributed by atoms with E-state index in [9.17, 15) is 4.79 Å². The zero-order valence-electron chi connectivity index (χ0n) is 15.3. The van der Waals surface area contributed by atoms with Crippen molar-refractivity contribution < 1.29 is 9.53 Å². The minimum Gasteiger partial charge on any atom is -0.367 e. The van der Waals surface area contributed by atoms with Gasteiger partial charge in [-0.15, -0.1) is 0 Å². The van der Waals surface area contributed by atoms with Gasteiger partial charge in [0.05, 0.1) is 0 Å². The molecule has 0 aromatic carbocycles. The van der Waals surface area contributed by atoms with Gasteiger partial charge < -0.3 is 10.5 Å². The number of ether oxygens (including phenoxy) is 1. The number of carbonyl (C=O) groups excluding carboxylic acids is 1. The standard InChI is InChI=1S/C20H38NO2/c1-3-4-5-6-7-8-9-10-11-12-15-18(2)20(19(21)22)16-13-14-17-23-20/h18H,2-17H2,1H3,(H2,21,22). The van der Waals surface area contributed by atoms with Gasteiger partial charge in [-0.2, -0.15) is 0 Å². The first-order chi connectivity index (χ1) is 11.1. The van der Waals surface area contributed by atoms with Gasteiger partial charge in [-0.1, -0.05) is 71.1 Å². The fraction of sp³-hybridized carbons (Fsp3) is 0.900. The molecule has 23 heavy (non-hydrogen) atoms. The van der Waals surface area contributed by atoms with Crippen molar-refractivity contribution in [3.8, 4) is 0 Å². The van der Waals surface area contributed by atoms with Crippen LogP contribution in [0.2, 0.25) is 0 Å². The van der Waals surface area contributed by atoms with E-state index in [1.807, 2.05) is 0 Å². The van der Waals surface area contributed by atoms with Crippen LogP contribution >= 0.6 is 0 Å². The highest BCUT2D eigenvalue weighted by Crippen LogP contribution is 2.34. The van der Waals surface area contributed by atoms with Gasteiger partial charge in [0.1, 0.15) is 5.60 Å². The summed E-state index contributed by atoms with van der Waals surface area (Å²) >= 11 is 0. The van der Waals surface area contributed by atoms with Crippen LogP contribution in [-0.4, -0.2) is 18.1 Å². The largest absolute Gasteiger partial charge is 0.367 e. The first-order valence-corrected chi connectivity index (χ1v) is 9.90. The topological polar surface area (TPSA) is 52.3 Å². The van der Waals surface area contributed by atoms with Gasteiger partial charge in [0.25, 0.3) is 0 Å². The van der Waals surface area contributed by atoms with Crippen LogP contribution in [0, 0.1) is 12.8 Å². The maximum absolute atomic E-state index is 11.9. The highest BCUT2D eigenvalue weighted by atomic mass is 16.5. The predicted molar refractivity (Wildman–Crippen MR) is 97.0 cm³/mol. The summed E-state index contributed by atoms with van der Waals surface area (Å²) in [4.78, 5) is 11.9. The molecule has 0 bridgehead atoms. The molecule has 135 valence electrons. The molecule has 0 aliphatic carbocycles. The Morgan fingerprint density at radius 2 is 1.61 bits per heavy atom. The molecule has 0 aromatic heterocycles. The summed E-state index contributed by atoms with van der Waals surface area (Å²) < 4.78 is 5.79. The zero-order valence-corrected chi connectivity index (χ0v) is 15.3. The van der Waals surface area contributed by atoms with Gasteiger partial charge in [-0.25, -0.2) is 0 Å². The van der Waals surface area contributed by atoms with Crippen LogP contribution in [0.5, 0.6) is 0 Å². The molecule has 1 saturated heterocycles. The quantitative estimate of drug-likeness (QED) is 0.475. The maximum Gasteiger partial charge on any atom is 0.249 e. The Hall–Kier alpha value is -0.570. The van der Waals surface area contributed by atoms with E-state index in [0.29, 0.717) is 6.61 Å². The van der Waals surface area contributed by atoms with E-state index >= 15 is 0 Å². The molecule has 0 saturated carbocycles. The van der Waals surface area contributed by atoms with Crippen molar-refractivity contribution in [2.45, 2.75) is 102 Å². The summed E-state index contributed by atoms with van der Waals surface area (Å²) in [5.74, 6) is -0.321. The summed E-state index contributed by atoms with van der Waals surface area (Å²) in [6, 6.07) is 0. The first kappa shape index (κ1) is 20.5. The van der Waals surface area contributed by atoms with Crippen molar-refractivity contribution in [1.29, 1.82) is 0 Å². The Morgan fingerprint density at radius 1 is 1.04 bits per heavy atom. The SMILES string of the molecule is [CH2]C(CCCCCCCCCCCC)C1(C(N)=O)CCCCO1. The lowest BCUT2D eigenvalue weighted by Gasteiger charge is -2.39. The van der Waals surface area contributed by atoms with Crippen molar-refractivity contribution in [2.75, 3.05) is 6.61 Å². The Kier molecular flexibility index (Phi) is 10.6. The molecule has 0 spiro atoms. The van der Waals surface area contributed by atoms with Gasteiger partial charge >= 0.3 is 0 Å². The van der Waals surface area contributed by atoms with E-state index in [2.05, 4.69) is 13.8 Å². The van der Waals surface area contributed by atoms with Crippen molar-refractivity contribution in [1.82, 2.24) is 0 Å². The zero-order chi connectivity index (χ0) is 17.0. The molecule has 2 N–H and O–H groups in total. The number of primary amides is 1. The molecule has 2 atom stereocenters. The number of hydrogen-bond acceptors (Lipinski definition) is 2. The van der Waals surface area contributed by atoms with E-state index in [-0.39, 0.29) is 11.8 Å². The van der Waals surface area contributed by atoms with Gasteiger partial charge in [-0.05, 0) is 38.5 Å². The van der Waals surface area contributed by atoms with Crippen LogP contribution in [0.15, 0.2) is 0 Å². The van der Waals surface area contributed by atoms with Gasteiger partial charge in [0, 0.05) is 6.61 Å². The van der Waals surface area contributed by atoms with Gasteiger partial charge in [-0.3, -0.25) is 4.79 Å². The molecule has 1 aliphatic heterocycles. The normalized spacial score (nSPS) is 22.9. The monoisotopic (exact) mass is 324 g/mol. The van der Waals surface area contributed by atoms with Crippen molar-refractivity contribution in [3.05, 3.63) is 6.92 Å². The molecule has 1 amide bonds. The van der Waals surface area contributed by atoms with E-state index in [4.69, 9.17) is 10.5 Å². The second-order valence-electron chi connectivity index (χ2n) is 7.23. The lowest BCUT2D eigenvalue weighted by atomic mass is 9.79. The van der Waals surface area contributed by atoms with Gasteiger partial charge in [0.15, 0.2) is 0 Å². The van der Waals surface area contributed by atoms with E-state index in [1.165, 1.54) is 57.8 Å². The number of amides is 1. The lowest BCUT2D eigenvalue weighted by Crippen LogP contribution is -2.53. The van der Waals surface area contributed by atoms with Crippen LogP contribution in [0.4, 0.5) is 0 Å². The second-order valence-corrected chi connectivity index (χ2v) is 7.23. The number of unbranched alkanes of at least 4 members (excludes halogenated alkanes) is 9. The average molecular weight is 325 g/mol. The molecule has 2 unspecified atom stereocenters. The molecular formula is C20H38NO2. The fourth-order valence-electron chi connectivity index (χ4n) is 3.64. The first-order valence-electron chi connectivity index (χ1n) is 9.90. The molecule has 3 heteroatoms. The molecule has 3 nitrogen and oxygen atoms in total. The van der Waals surface area contributed by atoms with Crippen LogP contribution in [-0.2, 0) is 9.53 Å². The van der Waals surface area contributed by atoms with Crippen molar-refractivity contribution in [3.63, 3.8) is 0 Å². The van der Waals surface area contributed by atoms with Crippen LogP contribution < -0.4 is 5.73 Å². The Morgan fingerprint density at radius 3 is 2.09 bits per heavy atom. The third kappa shape index (κ3) is 7.24. The number of carbonyl (C=O) groups is 1. The average Bonchev–Trinajstić information content (AvgIpc) is 2.56. The minimum absolute atomic E-state index is 0.00524. The molecular weight excluding hydrogens is 286 g/mol. The Bertz CT molecular complexity index is 311. The molecule has 1 rings (SSSR count). The Balaban J connectivity index is 2.09. The summed E-state index contributed by atoms with van der Waals surface area (Å²) in [5, 5.41) is 0. The minimum atomic E-state index is -0.794. The third-order valence-corrected chi connectivity index (χ3v) is 5.28. The lowest BCUT2D eigenvalue weighted by molar-refractivity contribution is -0.158. The molecule has 1 aliphatic rings. The summed E-state index contributed by atoms with van der Waals surface area (Å²) in [5.41, 5.74) is 4.82. The van der Waals surface area contributed by atoms with E-state index < -0.39 is 5.60 Å². The smallest absolute Gasteiger partial charge is 0.249 e. The van der Waals surface area contributed by atoms with Crippen LogP contribution in [0.25, 0.3) is 0 Å². The molecule has 0 aromatic rings. The highest BCUT2D eigenvalue weighted by Gasteiger charge is 2.43. The number of hydrogen-bond donors (Lipinski definition) is 1.